The minimum absolute atomic E-state index is 0.0657. The van der Waals surface area contributed by atoms with Crippen molar-refractivity contribution in [1.29, 1.82) is 0 Å². The molecule has 0 N–H and O–H groups in total. The average molecular weight is 284 g/mol. The number of amides is 1. The monoisotopic (exact) mass is 284 g/mol. The molecule has 0 saturated heterocycles. The van der Waals surface area contributed by atoms with Gasteiger partial charge >= 0.3 is 0 Å². The zero-order valence-corrected chi connectivity index (χ0v) is 12.0. The second-order valence-corrected chi connectivity index (χ2v) is 5.24. The Bertz CT molecular complexity index is 614. The van der Waals surface area contributed by atoms with Crippen molar-refractivity contribution in [3.8, 4) is 0 Å². The summed E-state index contributed by atoms with van der Waals surface area (Å²) in [6.45, 7) is 8.32. The lowest BCUT2D eigenvalue weighted by Gasteiger charge is -2.16. The van der Waals surface area contributed by atoms with Crippen LogP contribution in [-0.4, -0.2) is 28.9 Å². The number of benzene rings is 1. The Labute approximate surface area is 122 Å². The summed E-state index contributed by atoms with van der Waals surface area (Å²) in [4.78, 5) is 18.1. The molecule has 0 spiro atoms. The topological polar surface area (TPSA) is 33.2 Å². The molecule has 3 nitrogen and oxygen atoms in total. The molecule has 0 radical (unpaired) electrons. The minimum atomic E-state index is -0.0657. The van der Waals surface area contributed by atoms with Crippen LogP contribution in [0.15, 0.2) is 55.7 Å². The number of hydrogen-bond donors (Lipinski definition) is 0. The van der Waals surface area contributed by atoms with E-state index in [2.05, 4.69) is 18.1 Å². The highest BCUT2D eigenvalue weighted by atomic mass is 32.1. The maximum absolute atomic E-state index is 12.0. The van der Waals surface area contributed by atoms with Crippen LogP contribution in [0.4, 0.5) is 0 Å². The van der Waals surface area contributed by atoms with E-state index in [0.717, 1.165) is 15.2 Å². The van der Waals surface area contributed by atoms with E-state index in [9.17, 15) is 4.79 Å². The van der Waals surface area contributed by atoms with Crippen molar-refractivity contribution in [1.82, 2.24) is 9.88 Å². The van der Waals surface area contributed by atoms with E-state index in [1.54, 1.807) is 40.5 Å². The van der Waals surface area contributed by atoms with Crippen molar-refractivity contribution in [3.63, 3.8) is 0 Å². The van der Waals surface area contributed by atoms with Gasteiger partial charge in [0.15, 0.2) is 0 Å². The maximum atomic E-state index is 12.0. The molecule has 1 amide bonds. The van der Waals surface area contributed by atoms with Gasteiger partial charge < -0.3 is 4.90 Å². The Kier molecular flexibility index (Phi) is 4.85. The molecule has 0 aliphatic rings. The quantitative estimate of drug-likeness (QED) is 0.601. The number of aromatic nitrogens is 1. The molecule has 0 aliphatic heterocycles. The number of fused-ring (bicyclic) bond motifs is 1. The maximum Gasteiger partial charge on any atom is 0.247 e. The van der Waals surface area contributed by atoms with Crippen molar-refractivity contribution in [2.75, 3.05) is 13.1 Å². The lowest BCUT2D eigenvalue weighted by Crippen LogP contribution is -2.29. The smallest absolute Gasteiger partial charge is 0.247 e. The van der Waals surface area contributed by atoms with Gasteiger partial charge in [0.05, 0.1) is 10.2 Å². The number of hydrogen-bond acceptors (Lipinski definition) is 3. The fourth-order valence-electron chi connectivity index (χ4n) is 1.78. The largest absolute Gasteiger partial charge is 0.332 e. The molecule has 1 aromatic carbocycles. The van der Waals surface area contributed by atoms with Crippen LogP contribution < -0.4 is 0 Å². The molecule has 2 rings (SSSR count). The van der Waals surface area contributed by atoms with Gasteiger partial charge in [0, 0.05) is 19.2 Å². The van der Waals surface area contributed by atoms with Gasteiger partial charge in [-0.25, -0.2) is 4.98 Å². The Morgan fingerprint density at radius 1 is 1.25 bits per heavy atom. The first kappa shape index (κ1) is 14.2. The molecule has 0 aliphatic carbocycles. The van der Waals surface area contributed by atoms with E-state index < -0.39 is 0 Å². The summed E-state index contributed by atoms with van der Waals surface area (Å²) in [5.74, 6) is -0.0657. The van der Waals surface area contributed by atoms with Crippen molar-refractivity contribution in [3.05, 3.63) is 60.7 Å². The third kappa shape index (κ3) is 3.42. The molecule has 102 valence electrons. The van der Waals surface area contributed by atoms with Crippen LogP contribution >= 0.6 is 11.3 Å². The van der Waals surface area contributed by atoms with E-state index >= 15 is 0 Å². The van der Waals surface area contributed by atoms with Crippen LogP contribution in [0, 0.1) is 0 Å². The van der Waals surface area contributed by atoms with Crippen molar-refractivity contribution in [2.45, 2.75) is 0 Å². The molecule has 0 unspecified atom stereocenters. The summed E-state index contributed by atoms with van der Waals surface area (Å²) in [6.07, 6.45) is 6.71. The lowest BCUT2D eigenvalue weighted by molar-refractivity contribution is -0.124. The molecule has 0 atom stereocenters. The molecule has 20 heavy (non-hydrogen) atoms. The van der Waals surface area contributed by atoms with Crippen LogP contribution in [0.1, 0.15) is 5.01 Å². The summed E-state index contributed by atoms with van der Waals surface area (Å²) < 4.78 is 1.12. The second kappa shape index (κ2) is 6.82. The van der Waals surface area contributed by atoms with Crippen molar-refractivity contribution >= 4 is 33.5 Å². The van der Waals surface area contributed by atoms with Crippen molar-refractivity contribution < 1.29 is 4.79 Å². The van der Waals surface area contributed by atoms with E-state index in [1.807, 2.05) is 24.3 Å². The van der Waals surface area contributed by atoms with Gasteiger partial charge in [0.2, 0.25) is 5.91 Å². The second-order valence-electron chi connectivity index (χ2n) is 4.17. The number of carbonyl (C=O) groups is 1. The normalized spacial score (nSPS) is 10.8. The molecule has 0 fully saturated rings. The van der Waals surface area contributed by atoms with Gasteiger partial charge in [0.25, 0.3) is 0 Å². The third-order valence-electron chi connectivity index (χ3n) is 2.69. The Hall–Kier alpha value is -2.20. The van der Waals surface area contributed by atoms with Crippen molar-refractivity contribution in [2.24, 2.45) is 0 Å². The number of thiazole rings is 1. The number of rotatable bonds is 6. The Morgan fingerprint density at radius 2 is 1.95 bits per heavy atom. The van der Waals surface area contributed by atoms with Crippen LogP contribution in [0.5, 0.6) is 0 Å². The van der Waals surface area contributed by atoms with Gasteiger partial charge in [0.1, 0.15) is 5.01 Å². The summed E-state index contributed by atoms with van der Waals surface area (Å²) in [5.41, 5.74) is 0.957. The number of carbonyl (C=O) groups excluding carboxylic acids is 1. The Morgan fingerprint density at radius 3 is 2.60 bits per heavy atom. The minimum Gasteiger partial charge on any atom is -0.332 e. The standard InChI is InChI=1S/C16H16N2OS/c1-3-11-18(12-4-2)16(19)10-9-15-17-13-7-5-6-8-14(13)20-15/h3-10H,1-2,11-12H2/b10-9+. The molecule has 0 bridgehead atoms. The van der Waals surface area contributed by atoms with E-state index in [-0.39, 0.29) is 5.91 Å². The van der Waals surface area contributed by atoms with Gasteiger partial charge in [-0.3, -0.25) is 4.79 Å². The summed E-state index contributed by atoms with van der Waals surface area (Å²) in [6, 6.07) is 7.92. The van der Waals surface area contributed by atoms with Crippen LogP contribution in [0.25, 0.3) is 16.3 Å². The molecular formula is C16H16N2OS. The lowest BCUT2D eigenvalue weighted by atomic mass is 10.3. The first-order valence-corrected chi connectivity index (χ1v) is 7.10. The number of para-hydroxylation sites is 1. The zero-order chi connectivity index (χ0) is 14.4. The highest BCUT2D eigenvalue weighted by Gasteiger charge is 2.07. The molecule has 4 heteroatoms. The molecule has 2 aromatic rings. The first-order chi connectivity index (χ1) is 9.74. The molecular weight excluding hydrogens is 268 g/mol. The van der Waals surface area contributed by atoms with Crippen LogP contribution in [0.3, 0.4) is 0 Å². The van der Waals surface area contributed by atoms with Crippen LogP contribution in [0.2, 0.25) is 0 Å². The highest BCUT2D eigenvalue weighted by Crippen LogP contribution is 2.22. The third-order valence-corrected chi connectivity index (χ3v) is 3.69. The van der Waals surface area contributed by atoms with Gasteiger partial charge in [-0.1, -0.05) is 24.3 Å². The van der Waals surface area contributed by atoms with Gasteiger partial charge in [-0.15, -0.1) is 24.5 Å². The van der Waals surface area contributed by atoms with Gasteiger partial charge in [-0.2, -0.15) is 0 Å². The Balaban J connectivity index is 2.12. The molecule has 1 aromatic heterocycles. The van der Waals surface area contributed by atoms with Crippen LogP contribution in [-0.2, 0) is 4.79 Å². The average Bonchev–Trinajstić information content (AvgIpc) is 2.87. The predicted octanol–water partition coefficient (Wildman–Crippen LogP) is 3.51. The molecule has 0 saturated carbocycles. The summed E-state index contributed by atoms with van der Waals surface area (Å²) >= 11 is 1.57. The fourth-order valence-corrected chi connectivity index (χ4v) is 2.65. The fraction of sp³-hybridized carbons (Fsp3) is 0.125. The predicted molar refractivity (Wildman–Crippen MR) is 85.6 cm³/mol. The van der Waals surface area contributed by atoms with Gasteiger partial charge in [-0.05, 0) is 18.2 Å². The van der Waals surface area contributed by atoms with E-state index in [1.165, 1.54) is 0 Å². The van der Waals surface area contributed by atoms with E-state index in [0.29, 0.717) is 13.1 Å². The highest BCUT2D eigenvalue weighted by molar-refractivity contribution is 7.19. The summed E-state index contributed by atoms with van der Waals surface area (Å²) in [7, 11) is 0. The number of nitrogens with zero attached hydrogens (tertiary/aromatic N) is 2. The first-order valence-electron chi connectivity index (χ1n) is 6.29. The SMILES string of the molecule is C=CCN(CC=C)C(=O)/C=C/c1nc2ccccc2s1. The van der Waals surface area contributed by atoms with E-state index in [4.69, 9.17) is 0 Å². The molecule has 1 heterocycles. The zero-order valence-electron chi connectivity index (χ0n) is 11.2. The summed E-state index contributed by atoms with van der Waals surface area (Å²) in [5, 5.41) is 0.830.